The molecule has 0 bridgehead atoms. The third-order valence-electron chi connectivity index (χ3n) is 4.34. The van der Waals surface area contributed by atoms with Crippen molar-refractivity contribution in [3.63, 3.8) is 0 Å². The van der Waals surface area contributed by atoms with Crippen LogP contribution in [0.4, 0.5) is 5.69 Å². The number of nitrogens with zero attached hydrogens (tertiary/aromatic N) is 1. The number of carbonyl (C=O) groups excluding carboxylic acids is 1. The van der Waals surface area contributed by atoms with Gasteiger partial charge in [-0.05, 0) is 49.6 Å². The second-order valence-electron chi connectivity index (χ2n) is 6.37. The fourth-order valence-corrected chi connectivity index (χ4v) is 6.05. The summed E-state index contributed by atoms with van der Waals surface area (Å²) < 4.78 is 27.4. The molecular weight excluding hydrogens is 392 g/mol. The van der Waals surface area contributed by atoms with Gasteiger partial charge in [0.15, 0.2) is 0 Å². The molecule has 1 amide bonds. The van der Waals surface area contributed by atoms with Gasteiger partial charge in [0.25, 0.3) is 15.9 Å². The van der Waals surface area contributed by atoms with Crippen LogP contribution in [-0.2, 0) is 10.0 Å². The van der Waals surface area contributed by atoms with Crippen molar-refractivity contribution < 1.29 is 13.2 Å². The largest absolute Gasteiger partial charge is 0.320 e. The number of carbonyl (C=O) groups is 1. The zero-order valence-electron chi connectivity index (χ0n) is 14.5. The summed E-state index contributed by atoms with van der Waals surface area (Å²) in [6.07, 6.45) is 3.87. The van der Waals surface area contributed by atoms with Gasteiger partial charge in [0.05, 0.1) is 15.6 Å². The Balaban J connectivity index is 1.77. The first-order chi connectivity index (χ1) is 12.4. The molecule has 1 N–H and O–H groups in total. The number of benzene rings is 1. The smallest absolute Gasteiger partial charge is 0.265 e. The molecular formula is C18H21ClN2O3S2. The van der Waals surface area contributed by atoms with E-state index in [0.717, 1.165) is 42.6 Å². The molecule has 0 spiro atoms. The number of thiophene rings is 1. The fourth-order valence-electron chi connectivity index (χ4n) is 2.90. The van der Waals surface area contributed by atoms with Crippen LogP contribution >= 0.6 is 22.9 Å². The first-order valence-electron chi connectivity index (χ1n) is 8.55. The Bertz CT molecular complexity index is 901. The van der Waals surface area contributed by atoms with E-state index >= 15 is 0 Å². The minimum absolute atomic E-state index is 0.208. The Morgan fingerprint density at radius 1 is 1.12 bits per heavy atom. The minimum atomic E-state index is -3.54. The lowest BCUT2D eigenvalue weighted by Crippen LogP contribution is -2.31. The summed E-state index contributed by atoms with van der Waals surface area (Å²) >= 11 is 7.13. The van der Waals surface area contributed by atoms with E-state index in [9.17, 15) is 13.2 Å². The van der Waals surface area contributed by atoms with Gasteiger partial charge in [0, 0.05) is 13.1 Å². The molecule has 5 nitrogen and oxygen atoms in total. The van der Waals surface area contributed by atoms with E-state index < -0.39 is 10.0 Å². The summed E-state index contributed by atoms with van der Waals surface area (Å²) in [6, 6.07) is 8.41. The molecule has 8 heteroatoms. The lowest BCUT2D eigenvalue weighted by Gasteiger charge is -2.18. The van der Waals surface area contributed by atoms with Crippen molar-refractivity contribution in [1.29, 1.82) is 0 Å². The Morgan fingerprint density at radius 3 is 2.46 bits per heavy atom. The van der Waals surface area contributed by atoms with Gasteiger partial charge in [-0.15, -0.1) is 11.3 Å². The van der Waals surface area contributed by atoms with E-state index in [-0.39, 0.29) is 10.1 Å². The Labute approximate surface area is 163 Å². The van der Waals surface area contributed by atoms with Crippen molar-refractivity contribution >= 4 is 44.6 Å². The van der Waals surface area contributed by atoms with Crippen LogP contribution in [-0.4, -0.2) is 31.7 Å². The molecule has 1 fully saturated rings. The maximum atomic E-state index is 12.8. The molecule has 3 rings (SSSR count). The van der Waals surface area contributed by atoms with Crippen LogP contribution in [0.15, 0.2) is 34.5 Å². The lowest BCUT2D eigenvalue weighted by atomic mass is 10.2. The van der Waals surface area contributed by atoms with Crippen molar-refractivity contribution in [1.82, 2.24) is 4.31 Å². The molecule has 1 aromatic heterocycles. The molecule has 26 heavy (non-hydrogen) atoms. The number of aryl methyl sites for hydroxylation is 1. The van der Waals surface area contributed by atoms with Crippen LogP contribution in [0.1, 0.15) is 40.9 Å². The van der Waals surface area contributed by atoms with Crippen molar-refractivity contribution in [2.45, 2.75) is 36.8 Å². The maximum Gasteiger partial charge on any atom is 0.265 e. The van der Waals surface area contributed by atoms with Gasteiger partial charge in [0.1, 0.15) is 4.21 Å². The summed E-state index contributed by atoms with van der Waals surface area (Å²) in [5, 5.41) is 3.19. The quantitative estimate of drug-likeness (QED) is 0.802. The molecule has 1 aliphatic rings. The molecule has 1 aliphatic heterocycles. The molecule has 0 unspecified atom stereocenters. The Morgan fingerprint density at radius 2 is 1.81 bits per heavy atom. The fraction of sp³-hybridized carbons (Fsp3) is 0.389. The molecule has 140 valence electrons. The summed E-state index contributed by atoms with van der Waals surface area (Å²) in [7, 11) is -3.54. The van der Waals surface area contributed by atoms with Gasteiger partial charge in [0.2, 0.25) is 0 Å². The number of sulfonamides is 1. The topological polar surface area (TPSA) is 66.5 Å². The third kappa shape index (κ3) is 4.28. The first kappa shape index (κ1) is 19.4. The molecule has 0 saturated carbocycles. The number of rotatable bonds is 4. The minimum Gasteiger partial charge on any atom is -0.320 e. The summed E-state index contributed by atoms with van der Waals surface area (Å²) in [5.41, 5.74) is 1.50. The molecule has 0 aliphatic carbocycles. The van der Waals surface area contributed by atoms with Crippen LogP contribution in [0.25, 0.3) is 0 Å². The molecule has 0 radical (unpaired) electrons. The van der Waals surface area contributed by atoms with Crippen LogP contribution < -0.4 is 5.32 Å². The average molecular weight is 413 g/mol. The second-order valence-corrected chi connectivity index (χ2v) is 10.0. The predicted molar refractivity (Wildman–Crippen MR) is 106 cm³/mol. The zero-order chi connectivity index (χ0) is 18.7. The van der Waals surface area contributed by atoms with E-state index in [2.05, 4.69) is 5.32 Å². The van der Waals surface area contributed by atoms with Crippen molar-refractivity contribution in [3.8, 4) is 0 Å². The van der Waals surface area contributed by atoms with Crippen LogP contribution in [0.2, 0.25) is 5.02 Å². The van der Waals surface area contributed by atoms with Gasteiger partial charge in [-0.1, -0.05) is 30.5 Å². The number of amides is 1. The van der Waals surface area contributed by atoms with Crippen molar-refractivity contribution in [2.24, 2.45) is 0 Å². The van der Waals surface area contributed by atoms with Gasteiger partial charge in [-0.3, -0.25) is 4.79 Å². The standard InChI is InChI=1S/C18H21ClN2O3S2/c1-13-6-7-15(14(19)12-13)20-18(22)16-8-9-17(25-16)26(23,24)21-10-4-2-3-5-11-21/h6-9,12H,2-5,10-11H2,1H3,(H,20,22). The van der Waals surface area contributed by atoms with Gasteiger partial charge in [-0.2, -0.15) is 4.31 Å². The molecule has 0 atom stereocenters. The van der Waals surface area contributed by atoms with Crippen LogP contribution in [0.3, 0.4) is 0 Å². The van der Waals surface area contributed by atoms with E-state index in [1.807, 2.05) is 13.0 Å². The number of anilines is 1. The van der Waals surface area contributed by atoms with E-state index in [1.165, 1.54) is 10.4 Å². The highest BCUT2D eigenvalue weighted by molar-refractivity contribution is 7.91. The van der Waals surface area contributed by atoms with Crippen molar-refractivity contribution in [2.75, 3.05) is 18.4 Å². The number of hydrogen-bond acceptors (Lipinski definition) is 4. The summed E-state index contributed by atoms with van der Waals surface area (Å²) in [6.45, 7) is 3.00. The molecule has 2 aromatic rings. The highest BCUT2D eigenvalue weighted by Crippen LogP contribution is 2.28. The summed E-state index contributed by atoms with van der Waals surface area (Å²) in [4.78, 5) is 12.8. The lowest BCUT2D eigenvalue weighted by molar-refractivity contribution is 0.103. The van der Waals surface area contributed by atoms with E-state index in [4.69, 9.17) is 11.6 Å². The SMILES string of the molecule is Cc1ccc(NC(=O)c2ccc(S(=O)(=O)N3CCCCCC3)s2)c(Cl)c1. The number of halogens is 1. The zero-order valence-corrected chi connectivity index (χ0v) is 16.9. The predicted octanol–water partition coefficient (Wildman–Crippen LogP) is 4.53. The number of nitrogens with one attached hydrogen (secondary N) is 1. The summed E-state index contributed by atoms with van der Waals surface area (Å²) in [5.74, 6) is -0.363. The highest BCUT2D eigenvalue weighted by atomic mass is 35.5. The normalized spacial score (nSPS) is 16.2. The molecule has 1 saturated heterocycles. The third-order valence-corrected chi connectivity index (χ3v) is 8.10. The van der Waals surface area contributed by atoms with Gasteiger partial charge in [-0.25, -0.2) is 8.42 Å². The van der Waals surface area contributed by atoms with Crippen LogP contribution in [0, 0.1) is 6.92 Å². The average Bonchev–Trinajstić information content (AvgIpc) is 2.94. The monoisotopic (exact) mass is 412 g/mol. The second kappa shape index (κ2) is 8.08. The first-order valence-corrected chi connectivity index (χ1v) is 11.2. The number of hydrogen-bond donors (Lipinski definition) is 1. The Hall–Kier alpha value is -1.41. The van der Waals surface area contributed by atoms with Gasteiger partial charge >= 0.3 is 0 Å². The maximum absolute atomic E-state index is 12.8. The van der Waals surface area contributed by atoms with E-state index in [0.29, 0.717) is 28.7 Å². The van der Waals surface area contributed by atoms with E-state index in [1.54, 1.807) is 18.2 Å². The molecule has 2 heterocycles. The van der Waals surface area contributed by atoms with Crippen LogP contribution in [0.5, 0.6) is 0 Å². The Kier molecular flexibility index (Phi) is 6.02. The van der Waals surface area contributed by atoms with Gasteiger partial charge < -0.3 is 5.32 Å². The van der Waals surface area contributed by atoms with Crippen molar-refractivity contribution in [3.05, 3.63) is 45.8 Å². The highest BCUT2D eigenvalue weighted by Gasteiger charge is 2.27. The molecule has 1 aromatic carbocycles.